The van der Waals surface area contributed by atoms with E-state index in [0.717, 1.165) is 35.4 Å². The second-order valence-electron chi connectivity index (χ2n) is 5.62. The molecule has 1 saturated heterocycles. The fourth-order valence-corrected chi connectivity index (χ4v) is 3.50. The number of halogens is 1. The van der Waals surface area contributed by atoms with E-state index in [0.29, 0.717) is 6.54 Å². The third-order valence-electron chi connectivity index (χ3n) is 4.14. The van der Waals surface area contributed by atoms with Gasteiger partial charge in [0.05, 0.1) is 5.39 Å². The van der Waals surface area contributed by atoms with Crippen LogP contribution in [0.3, 0.4) is 0 Å². The maximum Gasteiger partial charge on any atom is 0.242 e. The van der Waals surface area contributed by atoms with E-state index in [9.17, 15) is 4.79 Å². The van der Waals surface area contributed by atoms with Gasteiger partial charge in [-0.2, -0.15) is 0 Å². The van der Waals surface area contributed by atoms with Crippen LogP contribution in [-0.4, -0.2) is 48.1 Å². The molecule has 3 heterocycles. The standard InChI is InChI=1S/C15H21N5OS.ClH/c1-10(16-2)8-17-14(21)12-4-3-6-20(12)13-11-5-7-22-15(11)19-9-18-13;/h5,7,9-10,12,16H,3-4,6,8H2,1-2H3,(H,17,21);1H. The van der Waals surface area contributed by atoms with Crippen molar-refractivity contribution in [2.45, 2.75) is 31.8 Å². The predicted molar refractivity (Wildman–Crippen MR) is 96.6 cm³/mol. The normalized spacial score (nSPS) is 18.7. The minimum atomic E-state index is -0.137. The van der Waals surface area contributed by atoms with Crippen molar-refractivity contribution < 1.29 is 4.79 Å². The number of amides is 1. The van der Waals surface area contributed by atoms with Gasteiger partial charge in [-0.05, 0) is 38.3 Å². The highest BCUT2D eigenvalue weighted by Crippen LogP contribution is 2.31. The zero-order valence-corrected chi connectivity index (χ0v) is 14.9. The van der Waals surface area contributed by atoms with Crippen LogP contribution in [0.15, 0.2) is 17.8 Å². The number of aromatic nitrogens is 2. The molecule has 2 aromatic heterocycles. The lowest BCUT2D eigenvalue weighted by molar-refractivity contribution is -0.122. The van der Waals surface area contributed by atoms with Crippen LogP contribution < -0.4 is 15.5 Å². The van der Waals surface area contributed by atoms with Crippen LogP contribution in [0.25, 0.3) is 10.2 Å². The molecule has 1 aliphatic rings. The van der Waals surface area contributed by atoms with Crippen molar-refractivity contribution in [2.75, 3.05) is 25.0 Å². The molecule has 126 valence electrons. The van der Waals surface area contributed by atoms with Crippen molar-refractivity contribution in [3.8, 4) is 0 Å². The molecule has 1 aliphatic heterocycles. The quantitative estimate of drug-likeness (QED) is 0.856. The molecule has 6 nitrogen and oxygen atoms in total. The lowest BCUT2D eigenvalue weighted by Crippen LogP contribution is -2.47. The van der Waals surface area contributed by atoms with Crippen LogP contribution in [0.4, 0.5) is 5.82 Å². The number of hydrogen-bond acceptors (Lipinski definition) is 6. The smallest absolute Gasteiger partial charge is 0.242 e. The Morgan fingerprint density at radius 1 is 1.52 bits per heavy atom. The first-order valence-corrected chi connectivity index (χ1v) is 8.48. The number of nitrogens with one attached hydrogen (secondary N) is 2. The summed E-state index contributed by atoms with van der Waals surface area (Å²) in [7, 11) is 1.90. The minimum Gasteiger partial charge on any atom is -0.353 e. The van der Waals surface area contributed by atoms with Crippen LogP contribution in [0.1, 0.15) is 19.8 Å². The molecule has 0 bridgehead atoms. The maximum atomic E-state index is 12.5. The second kappa shape index (κ2) is 7.90. The average Bonchev–Trinajstić information content (AvgIpc) is 3.20. The Bertz CT molecular complexity index is 664. The lowest BCUT2D eigenvalue weighted by atomic mass is 10.2. The van der Waals surface area contributed by atoms with Crippen molar-refractivity contribution in [1.29, 1.82) is 0 Å². The van der Waals surface area contributed by atoms with Gasteiger partial charge >= 0.3 is 0 Å². The molecule has 1 fully saturated rings. The molecule has 1 amide bonds. The fraction of sp³-hybridized carbons (Fsp3) is 0.533. The van der Waals surface area contributed by atoms with Gasteiger partial charge in [0.15, 0.2) is 0 Å². The molecule has 3 rings (SSSR count). The summed E-state index contributed by atoms with van der Waals surface area (Å²) in [5.41, 5.74) is 0. The topological polar surface area (TPSA) is 70.2 Å². The largest absolute Gasteiger partial charge is 0.353 e. The third-order valence-corrected chi connectivity index (χ3v) is 4.96. The molecule has 0 saturated carbocycles. The Kier molecular flexibility index (Phi) is 6.15. The van der Waals surface area contributed by atoms with E-state index >= 15 is 0 Å². The van der Waals surface area contributed by atoms with E-state index in [4.69, 9.17) is 0 Å². The van der Waals surface area contributed by atoms with Gasteiger partial charge < -0.3 is 15.5 Å². The summed E-state index contributed by atoms with van der Waals surface area (Å²) in [6.45, 7) is 3.55. The van der Waals surface area contributed by atoms with Gasteiger partial charge in [-0.25, -0.2) is 9.97 Å². The van der Waals surface area contributed by atoms with Crippen molar-refractivity contribution in [3.05, 3.63) is 17.8 Å². The highest BCUT2D eigenvalue weighted by Gasteiger charge is 2.32. The molecule has 2 aromatic rings. The number of rotatable bonds is 5. The van der Waals surface area contributed by atoms with Gasteiger partial charge in [-0.15, -0.1) is 23.7 Å². The number of carbonyl (C=O) groups is 1. The first kappa shape index (κ1) is 17.9. The van der Waals surface area contributed by atoms with Gasteiger partial charge in [0.1, 0.15) is 23.0 Å². The Balaban J connectivity index is 0.00000192. The number of hydrogen-bond donors (Lipinski definition) is 2. The summed E-state index contributed by atoms with van der Waals surface area (Å²) in [6, 6.07) is 2.16. The summed E-state index contributed by atoms with van der Waals surface area (Å²) in [5, 5.41) is 9.21. The molecule has 0 aromatic carbocycles. The second-order valence-corrected chi connectivity index (χ2v) is 6.52. The molecular weight excluding hydrogens is 334 g/mol. The number of carbonyl (C=O) groups excluding carboxylic acids is 1. The van der Waals surface area contributed by atoms with Crippen molar-refractivity contribution >= 4 is 45.7 Å². The van der Waals surface area contributed by atoms with Gasteiger partial charge in [0.2, 0.25) is 5.91 Å². The van der Waals surface area contributed by atoms with E-state index in [1.165, 1.54) is 0 Å². The van der Waals surface area contributed by atoms with Crippen molar-refractivity contribution in [1.82, 2.24) is 20.6 Å². The van der Waals surface area contributed by atoms with Gasteiger partial charge in [-0.3, -0.25) is 4.79 Å². The van der Waals surface area contributed by atoms with E-state index < -0.39 is 0 Å². The zero-order valence-electron chi connectivity index (χ0n) is 13.3. The summed E-state index contributed by atoms with van der Waals surface area (Å²) in [4.78, 5) is 24.3. The van der Waals surface area contributed by atoms with E-state index in [1.54, 1.807) is 17.7 Å². The van der Waals surface area contributed by atoms with Crippen LogP contribution in [-0.2, 0) is 4.79 Å². The minimum absolute atomic E-state index is 0. The molecular formula is C15H22ClN5OS. The molecule has 2 N–H and O–H groups in total. The lowest BCUT2D eigenvalue weighted by Gasteiger charge is -2.25. The zero-order chi connectivity index (χ0) is 15.5. The molecule has 0 radical (unpaired) electrons. The summed E-state index contributed by atoms with van der Waals surface area (Å²) < 4.78 is 0. The Hall–Kier alpha value is -1.44. The van der Waals surface area contributed by atoms with Crippen LogP contribution in [0, 0.1) is 0 Å². The fourth-order valence-electron chi connectivity index (χ4n) is 2.77. The Morgan fingerprint density at radius 3 is 3.13 bits per heavy atom. The van der Waals surface area contributed by atoms with Crippen molar-refractivity contribution in [3.63, 3.8) is 0 Å². The highest BCUT2D eigenvalue weighted by atomic mass is 35.5. The molecule has 0 spiro atoms. The monoisotopic (exact) mass is 355 g/mol. The molecule has 2 unspecified atom stereocenters. The SMILES string of the molecule is CNC(C)CNC(=O)C1CCCN1c1ncnc2sccc12.Cl. The Labute approximate surface area is 146 Å². The van der Waals surface area contributed by atoms with Gasteiger partial charge in [0, 0.05) is 19.1 Å². The molecule has 23 heavy (non-hydrogen) atoms. The van der Waals surface area contributed by atoms with Crippen molar-refractivity contribution in [2.24, 2.45) is 0 Å². The molecule has 0 aliphatic carbocycles. The first-order valence-electron chi connectivity index (χ1n) is 7.60. The van der Waals surface area contributed by atoms with E-state index in [2.05, 4.69) is 25.5 Å². The molecule has 2 atom stereocenters. The summed E-state index contributed by atoms with van der Waals surface area (Å²) in [5.74, 6) is 0.965. The number of fused-ring (bicyclic) bond motifs is 1. The van der Waals surface area contributed by atoms with Crippen LogP contribution in [0.5, 0.6) is 0 Å². The van der Waals surface area contributed by atoms with Crippen LogP contribution >= 0.6 is 23.7 Å². The maximum absolute atomic E-state index is 12.5. The summed E-state index contributed by atoms with van der Waals surface area (Å²) >= 11 is 1.60. The van der Waals surface area contributed by atoms with Gasteiger partial charge in [-0.1, -0.05) is 0 Å². The summed E-state index contributed by atoms with van der Waals surface area (Å²) in [6.07, 6.45) is 3.47. The number of thiophene rings is 1. The van der Waals surface area contributed by atoms with E-state index in [1.807, 2.05) is 25.4 Å². The van der Waals surface area contributed by atoms with E-state index in [-0.39, 0.29) is 30.4 Å². The number of nitrogens with zero attached hydrogens (tertiary/aromatic N) is 3. The average molecular weight is 356 g/mol. The highest BCUT2D eigenvalue weighted by molar-refractivity contribution is 7.16. The Morgan fingerprint density at radius 2 is 2.35 bits per heavy atom. The first-order chi connectivity index (χ1) is 10.7. The number of anilines is 1. The molecule has 8 heteroatoms. The van der Waals surface area contributed by atoms with Gasteiger partial charge in [0.25, 0.3) is 0 Å². The third kappa shape index (κ3) is 3.73. The van der Waals surface area contributed by atoms with Crippen LogP contribution in [0.2, 0.25) is 0 Å². The predicted octanol–water partition coefficient (Wildman–Crippen LogP) is 1.81. The number of likely N-dealkylation sites (N-methyl/N-ethyl adjacent to an activating group) is 1.